The molecule has 3 rings (SSSR count). The quantitative estimate of drug-likeness (QED) is 0.612. The van der Waals surface area contributed by atoms with Crippen LogP contribution in [0.4, 0.5) is 0 Å². The van der Waals surface area contributed by atoms with Crippen molar-refractivity contribution in [1.82, 2.24) is 0 Å². The predicted molar refractivity (Wildman–Crippen MR) is 111 cm³/mol. The van der Waals surface area contributed by atoms with E-state index in [4.69, 9.17) is 4.55 Å². The first kappa shape index (κ1) is 21.5. The van der Waals surface area contributed by atoms with Crippen LogP contribution >= 0.6 is 0 Å². The van der Waals surface area contributed by atoms with E-state index >= 15 is 0 Å². The van der Waals surface area contributed by atoms with Gasteiger partial charge in [0.25, 0.3) is 20.2 Å². The standard InChI is InChI=1S/C12H10O3S.C8H8O3S/c1-2-9-7-8-10-5-3-4-6-11(10)12(9)16(13,14)15;9-12(10,11)7-6-8-4-2-1-3-5-8/h2-8H,1H2,(H,13,14,15);1-7H,(H,9,10,11). The minimum Gasteiger partial charge on any atom is -0.282 e. The van der Waals surface area contributed by atoms with E-state index in [2.05, 4.69) is 6.58 Å². The van der Waals surface area contributed by atoms with Gasteiger partial charge in [0, 0.05) is 5.39 Å². The van der Waals surface area contributed by atoms with Gasteiger partial charge in [-0.15, -0.1) is 0 Å². The fourth-order valence-electron chi connectivity index (χ4n) is 2.44. The maximum Gasteiger partial charge on any atom is 0.295 e. The van der Waals surface area contributed by atoms with Crippen molar-refractivity contribution < 1.29 is 25.9 Å². The zero-order chi connectivity index (χ0) is 20.8. The molecule has 0 aliphatic heterocycles. The third kappa shape index (κ3) is 6.14. The third-order valence-corrected chi connectivity index (χ3v) is 5.07. The molecule has 0 atom stereocenters. The van der Waals surface area contributed by atoms with E-state index in [0.717, 1.165) is 16.4 Å². The summed E-state index contributed by atoms with van der Waals surface area (Å²) in [4.78, 5) is -0.0828. The van der Waals surface area contributed by atoms with Gasteiger partial charge in [-0.05, 0) is 22.6 Å². The minimum atomic E-state index is -4.24. The van der Waals surface area contributed by atoms with E-state index in [1.54, 1.807) is 54.6 Å². The molecule has 0 aliphatic carbocycles. The molecule has 2 N–H and O–H groups in total. The lowest BCUT2D eigenvalue weighted by atomic mass is 10.1. The molecule has 0 heterocycles. The molecule has 0 fully saturated rings. The average molecular weight is 418 g/mol. The van der Waals surface area contributed by atoms with Crippen molar-refractivity contribution in [3.63, 3.8) is 0 Å². The zero-order valence-electron chi connectivity index (χ0n) is 14.6. The monoisotopic (exact) mass is 418 g/mol. The lowest BCUT2D eigenvalue weighted by Gasteiger charge is -2.07. The summed E-state index contributed by atoms with van der Waals surface area (Å²) < 4.78 is 60.8. The van der Waals surface area contributed by atoms with Gasteiger partial charge in [0.1, 0.15) is 4.90 Å². The maximum atomic E-state index is 11.3. The Morgan fingerprint density at radius 3 is 1.96 bits per heavy atom. The van der Waals surface area contributed by atoms with Gasteiger partial charge in [-0.3, -0.25) is 9.11 Å². The summed E-state index contributed by atoms with van der Waals surface area (Å²) in [5.74, 6) is 0. The van der Waals surface area contributed by atoms with Gasteiger partial charge in [-0.1, -0.05) is 79.4 Å². The van der Waals surface area contributed by atoms with E-state index in [9.17, 15) is 21.4 Å². The van der Waals surface area contributed by atoms with Crippen molar-refractivity contribution in [2.24, 2.45) is 0 Å². The maximum absolute atomic E-state index is 11.3. The van der Waals surface area contributed by atoms with Crippen molar-refractivity contribution in [1.29, 1.82) is 0 Å². The van der Waals surface area contributed by atoms with Crippen molar-refractivity contribution in [3.05, 3.63) is 89.8 Å². The molecule has 0 bridgehead atoms. The van der Waals surface area contributed by atoms with Crippen LogP contribution in [0.25, 0.3) is 22.9 Å². The van der Waals surface area contributed by atoms with Gasteiger partial charge in [0.15, 0.2) is 0 Å². The number of rotatable bonds is 4. The Balaban J connectivity index is 0.000000209. The number of fused-ring (bicyclic) bond motifs is 1. The smallest absolute Gasteiger partial charge is 0.282 e. The SMILES string of the molecule is C=Cc1ccc2ccccc2c1S(=O)(=O)O.O=S(=O)(O)C=Cc1ccccc1. The van der Waals surface area contributed by atoms with E-state index in [1.165, 1.54) is 12.2 Å². The first-order valence-electron chi connectivity index (χ1n) is 7.94. The molecule has 3 aromatic rings. The summed E-state index contributed by atoms with van der Waals surface area (Å²) in [6.07, 6.45) is 2.74. The van der Waals surface area contributed by atoms with Gasteiger partial charge in [0.05, 0.1) is 5.41 Å². The zero-order valence-corrected chi connectivity index (χ0v) is 16.3. The van der Waals surface area contributed by atoms with Crippen molar-refractivity contribution in [2.45, 2.75) is 4.90 Å². The second-order valence-corrected chi connectivity index (χ2v) is 8.27. The summed E-state index contributed by atoms with van der Waals surface area (Å²) in [5, 5.41) is 2.02. The van der Waals surface area contributed by atoms with Crippen LogP contribution in [0.2, 0.25) is 0 Å². The Hall–Kier alpha value is -2.78. The van der Waals surface area contributed by atoms with Crippen LogP contribution in [0.15, 0.2) is 83.6 Å². The Kier molecular flexibility index (Phi) is 6.87. The third-order valence-electron chi connectivity index (χ3n) is 3.62. The molecule has 3 aromatic carbocycles. The molecule has 28 heavy (non-hydrogen) atoms. The molecule has 0 spiro atoms. The van der Waals surface area contributed by atoms with Crippen LogP contribution in [0.1, 0.15) is 11.1 Å². The van der Waals surface area contributed by atoms with E-state index in [1.807, 2.05) is 12.1 Å². The molecule has 0 saturated carbocycles. The number of hydrogen-bond donors (Lipinski definition) is 2. The molecule has 0 saturated heterocycles. The topological polar surface area (TPSA) is 109 Å². The van der Waals surface area contributed by atoms with Crippen LogP contribution in [0.3, 0.4) is 0 Å². The molecular weight excluding hydrogens is 400 g/mol. The van der Waals surface area contributed by atoms with Gasteiger partial charge in [-0.2, -0.15) is 16.8 Å². The Morgan fingerprint density at radius 1 is 0.786 bits per heavy atom. The highest BCUT2D eigenvalue weighted by Crippen LogP contribution is 2.27. The van der Waals surface area contributed by atoms with Crippen LogP contribution in [-0.2, 0) is 20.2 Å². The predicted octanol–water partition coefficient (Wildman–Crippen LogP) is 4.27. The van der Waals surface area contributed by atoms with Gasteiger partial charge < -0.3 is 0 Å². The molecule has 6 nitrogen and oxygen atoms in total. The summed E-state index contributed by atoms with van der Waals surface area (Å²) in [6.45, 7) is 3.54. The van der Waals surface area contributed by atoms with Gasteiger partial charge in [-0.25, -0.2) is 0 Å². The van der Waals surface area contributed by atoms with Crippen molar-refractivity contribution in [3.8, 4) is 0 Å². The summed E-state index contributed by atoms with van der Waals surface area (Å²) in [5.41, 5.74) is 1.14. The second-order valence-electron chi connectivity index (χ2n) is 5.61. The molecular formula is C20H18O6S2. The van der Waals surface area contributed by atoms with Gasteiger partial charge >= 0.3 is 0 Å². The first-order valence-corrected chi connectivity index (χ1v) is 10.9. The van der Waals surface area contributed by atoms with Crippen LogP contribution in [0, 0.1) is 0 Å². The highest BCUT2D eigenvalue weighted by molar-refractivity contribution is 7.88. The molecule has 0 aromatic heterocycles. The van der Waals surface area contributed by atoms with Gasteiger partial charge in [0.2, 0.25) is 0 Å². The van der Waals surface area contributed by atoms with Crippen molar-refractivity contribution in [2.75, 3.05) is 0 Å². The number of benzene rings is 3. The molecule has 0 unspecified atom stereocenters. The highest BCUT2D eigenvalue weighted by atomic mass is 32.2. The van der Waals surface area contributed by atoms with Crippen LogP contribution < -0.4 is 0 Å². The number of hydrogen-bond acceptors (Lipinski definition) is 4. The molecule has 0 aliphatic rings. The first-order chi connectivity index (χ1) is 13.1. The molecule has 0 radical (unpaired) electrons. The van der Waals surface area contributed by atoms with E-state index < -0.39 is 20.2 Å². The lowest BCUT2D eigenvalue weighted by molar-refractivity contribution is 0.483. The van der Waals surface area contributed by atoms with Crippen LogP contribution in [0.5, 0.6) is 0 Å². The lowest BCUT2D eigenvalue weighted by Crippen LogP contribution is -2.01. The molecule has 146 valence electrons. The van der Waals surface area contributed by atoms with Crippen LogP contribution in [-0.4, -0.2) is 25.9 Å². The minimum absolute atomic E-state index is 0.0828. The fourth-order valence-corrected chi connectivity index (χ4v) is 3.68. The van der Waals surface area contributed by atoms with E-state index in [-0.39, 0.29) is 4.90 Å². The Morgan fingerprint density at radius 2 is 1.39 bits per heavy atom. The van der Waals surface area contributed by atoms with Crippen molar-refractivity contribution >= 4 is 43.2 Å². The average Bonchev–Trinajstić information content (AvgIpc) is 2.65. The highest BCUT2D eigenvalue weighted by Gasteiger charge is 2.17. The summed E-state index contributed by atoms with van der Waals surface area (Å²) >= 11 is 0. The molecule has 0 amide bonds. The normalized spacial score (nSPS) is 11.8. The molecule has 8 heteroatoms. The Bertz CT molecular complexity index is 1210. The Labute approximate surface area is 164 Å². The fraction of sp³-hybridized carbons (Fsp3) is 0. The summed E-state index contributed by atoms with van der Waals surface area (Å²) in [6, 6.07) is 19.3. The van der Waals surface area contributed by atoms with E-state index in [0.29, 0.717) is 10.9 Å². The largest absolute Gasteiger partial charge is 0.295 e. The summed E-state index contributed by atoms with van der Waals surface area (Å²) in [7, 11) is -8.25. The second kappa shape index (κ2) is 8.94.